The summed E-state index contributed by atoms with van der Waals surface area (Å²) in [6.07, 6.45) is 71.8. The third kappa shape index (κ3) is 70.9. The minimum absolute atomic E-state index is 0.0228. The highest BCUT2D eigenvalue weighted by molar-refractivity contribution is 7.47. The smallest absolute Gasteiger partial charge is 0.462 e. The monoisotopic (exact) mass is 1420 g/mol. The highest BCUT2D eigenvalue weighted by Gasteiger charge is 2.30. The molecule has 0 aromatic carbocycles. The summed E-state index contributed by atoms with van der Waals surface area (Å²) >= 11 is 0. The fourth-order valence-corrected chi connectivity index (χ4v) is 12.2. The Labute approximate surface area is 596 Å². The fraction of sp³-hybridized carbons (Fsp3) is 0.797. The predicted molar refractivity (Wildman–Crippen MR) is 400 cm³/mol. The van der Waals surface area contributed by atoms with E-state index < -0.39 is 97.5 Å². The van der Waals surface area contributed by atoms with Crippen molar-refractivity contribution >= 4 is 39.5 Å². The Hall–Kier alpha value is -3.50. The van der Waals surface area contributed by atoms with Crippen molar-refractivity contribution in [2.75, 3.05) is 39.6 Å². The number of rotatable bonds is 74. The Kier molecular flexibility index (Phi) is 69.3. The van der Waals surface area contributed by atoms with Gasteiger partial charge in [0.1, 0.15) is 19.3 Å². The zero-order chi connectivity index (χ0) is 71.8. The van der Waals surface area contributed by atoms with Gasteiger partial charge in [-0.25, -0.2) is 9.13 Å². The molecule has 0 amide bonds. The van der Waals surface area contributed by atoms with E-state index in [1.807, 2.05) is 12.2 Å². The number of carbonyl (C=O) groups is 4. The Balaban J connectivity index is 5.39. The van der Waals surface area contributed by atoms with E-state index in [0.717, 1.165) is 122 Å². The molecule has 0 aliphatic carbocycles. The largest absolute Gasteiger partial charge is 0.472 e. The summed E-state index contributed by atoms with van der Waals surface area (Å²) in [5, 5.41) is 10.6. The van der Waals surface area contributed by atoms with E-state index in [4.69, 9.17) is 37.0 Å². The van der Waals surface area contributed by atoms with Gasteiger partial charge in [0, 0.05) is 25.7 Å². The van der Waals surface area contributed by atoms with Gasteiger partial charge in [0.15, 0.2) is 12.2 Å². The molecular formula is C79H142O17P2. The van der Waals surface area contributed by atoms with Crippen LogP contribution in [0.15, 0.2) is 72.9 Å². The summed E-state index contributed by atoms with van der Waals surface area (Å²) in [6.45, 7) is 4.79. The molecule has 0 saturated heterocycles. The third-order valence-corrected chi connectivity index (χ3v) is 18.5. The molecule has 19 heteroatoms. The second-order valence-electron chi connectivity index (χ2n) is 26.3. The molecule has 5 atom stereocenters. The number of hydrogen-bond donors (Lipinski definition) is 3. The lowest BCUT2D eigenvalue weighted by atomic mass is 10.0. The van der Waals surface area contributed by atoms with Crippen LogP contribution in [-0.2, 0) is 65.4 Å². The zero-order valence-corrected chi connectivity index (χ0v) is 64.0. The zero-order valence-electron chi connectivity index (χ0n) is 62.2. The van der Waals surface area contributed by atoms with Gasteiger partial charge in [0.25, 0.3) is 0 Å². The van der Waals surface area contributed by atoms with Gasteiger partial charge in [0.2, 0.25) is 0 Å². The fourth-order valence-electron chi connectivity index (χ4n) is 10.6. The first kappa shape index (κ1) is 94.5. The van der Waals surface area contributed by atoms with Gasteiger partial charge in [0.05, 0.1) is 26.4 Å². The second kappa shape index (κ2) is 71.9. The predicted octanol–water partition coefficient (Wildman–Crippen LogP) is 22.4. The molecule has 98 heavy (non-hydrogen) atoms. The number of allylic oxidation sites excluding steroid dienone is 12. The Morgan fingerprint density at radius 3 is 0.847 bits per heavy atom. The lowest BCUT2D eigenvalue weighted by Gasteiger charge is -2.21. The molecule has 0 aromatic rings. The number of esters is 4. The molecule has 0 heterocycles. The first-order valence-electron chi connectivity index (χ1n) is 39.2. The van der Waals surface area contributed by atoms with Gasteiger partial charge in [-0.2, -0.15) is 0 Å². The molecule has 0 aromatic heterocycles. The molecule has 0 aliphatic rings. The maximum Gasteiger partial charge on any atom is 0.472 e. The van der Waals surface area contributed by atoms with E-state index in [0.29, 0.717) is 32.1 Å². The quantitative estimate of drug-likeness (QED) is 0.0169. The number of phosphoric ester groups is 2. The number of phosphoric acid groups is 2. The van der Waals surface area contributed by atoms with Crippen molar-refractivity contribution in [3.8, 4) is 0 Å². The maximum atomic E-state index is 13.1. The van der Waals surface area contributed by atoms with Crippen molar-refractivity contribution in [3.63, 3.8) is 0 Å². The Morgan fingerprint density at radius 1 is 0.286 bits per heavy atom. The second-order valence-corrected chi connectivity index (χ2v) is 29.2. The lowest BCUT2D eigenvalue weighted by molar-refractivity contribution is -0.161. The van der Waals surface area contributed by atoms with Gasteiger partial charge in [-0.1, -0.05) is 280 Å². The molecular weight excluding hydrogens is 1280 g/mol. The number of unbranched alkanes of at least 4 members (excludes halogenated alkanes) is 36. The van der Waals surface area contributed by atoms with E-state index in [9.17, 15) is 43.2 Å². The molecule has 0 rings (SSSR count). The summed E-state index contributed by atoms with van der Waals surface area (Å²) in [6, 6.07) is 0. The standard InChI is InChI=1S/C79H142O17P2/c1-5-9-13-17-21-25-29-33-35-36-38-42-46-50-54-58-62-66-79(84)96-75(70-90-77(82)64-60-56-52-48-44-40-32-28-24-20-16-12-8-4)72-94-98(87,88)92-68-73(80)67-91-97(85,86)93-71-74(69-89-76(81)63-59-55-51-47-43-39-31-27-23-19-15-11-7-3)95-78(83)65-61-57-53-49-45-41-37-34-30-26-22-18-14-10-6-2/h21,25,27,31,33-35,37-38,42,50,54,73-75,80H,5-20,22-24,26,28-30,32,36,39-41,43-49,51-53,55-72H2,1-4H3,(H,85,86)(H,87,88)/b25-21-,31-27-,35-33-,37-34-,42-38-,54-50-/t73-,74-,75-/m1/s1. The maximum absolute atomic E-state index is 13.1. The van der Waals surface area contributed by atoms with Crippen molar-refractivity contribution in [2.45, 2.75) is 367 Å². The molecule has 3 N–H and O–H groups in total. The van der Waals surface area contributed by atoms with Crippen LogP contribution in [0.1, 0.15) is 349 Å². The normalized spacial score (nSPS) is 14.3. The minimum Gasteiger partial charge on any atom is -0.462 e. The van der Waals surface area contributed by atoms with E-state index in [1.54, 1.807) is 0 Å². The van der Waals surface area contributed by atoms with Crippen LogP contribution in [0.2, 0.25) is 0 Å². The van der Waals surface area contributed by atoms with Gasteiger partial charge in [-0.3, -0.25) is 37.3 Å². The minimum atomic E-state index is -4.98. The molecule has 0 spiro atoms. The molecule has 2 unspecified atom stereocenters. The number of hydrogen-bond acceptors (Lipinski definition) is 15. The van der Waals surface area contributed by atoms with Crippen LogP contribution in [0.25, 0.3) is 0 Å². The molecule has 0 bridgehead atoms. The summed E-state index contributed by atoms with van der Waals surface area (Å²) in [5.74, 6) is -2.23. The molecule has 570 valence electrons. The van der Waals surface area contributed by atoms with Gasteiger partial charge < -0.3 is 33.8 Å². The van der Waals surface area contributed by atoms with Crippen LogP contribution < -0.4 is 0 Å². The summed E-state index contributed by atoms with van der Waals surface area (Å²) < 4.78 is 68.4. The van der Waals surface area contributed by atoms with E-state index in [-0.39, 0.29) is 25.7 Å². The number of ether oxygens (including phenoxy) is 4. The van der Waals surface area contributed by atoms with E-state index >= 15 is 0 Å². The molecule has 0 saturated carbocycles. The topological polar surface area (TPSA) is 237 Å². The third-order valence-electron chi connectivity index (χ3n) is 16.6. The van der Waals surface area contributed by atoms with E-state index in [2.05, 4.69) is 88.5 Å². The van der Waals surface area contributed by atoms with E-state index in [1.165, 1.54) is 141 Å². The van der Waals surface area contributed by atoms with Crippen LogP contribution in [0.5, 0.6) is 0 Å². The summed E-state index contributed by atoms with van der Waals surface area (Å²) in [4.78, 5) is 72.8. The average Bonchev–Trinajstić information content (AvgIpc) is 1.05. The van der Waals surface area contributed by atoms with Crippen LogP contribution in [0, 0.1) is 0 Å². The number of aliphatic hydroxyl groups is 1. The van der Waals surface area contributed by atoms with Crippen molar-refractivity contribution in [1.29, 1.82) is 0 Å². The summed E-state index contributed by atoms with van der Waals surface area (Å²) in [7, 11) is -9.96. The number of carbonyl (C=O) groups excluding carboxylic acids is 4. The highest BCUT2D eigenvalue weighted by atomic mass is 31.2. The lowest BCUT2D eigenvalue weighted by Crippen LogP contribution is -2.30. The number of aliphatic hydroxyl groups excluding tert-OH is 1. The van der Waals surface area contributed by atoms with Crippen LogP contribution >= 0.6 is 15.6 Å². The van der Waals surface area contributed by atoms with Crippen molar-refractivity contribution < 1.29 is 80.2 Å². The molecule has 0 fully saturated rings. The van der Waals surface area contributed by atoms with Crippen molar-refractivity contribution in [2.24, 2.45) is 0 Å². The highest BCUT2D eigenvalue weighted by Crippen LogP contribution is 2.45. The van der Waals surface area contributed by atoms with Crippen LogP contribution in [0.4, 0.5) is 0 Å². The Morgan fingerprint density at radius 2 is 0.510 bits per heavy atom. The average molecular weight is 1430 g/mol. The van der Waals surface area contributed by atoms with Gasteiger partial charge >= 0.3 is 39.5 Å². The van der Waals surface area contributed by atoms with Gasteiger partial charge in [-0.15, -0.1) is 0 Å². The van der Waals surface area contributed by atoms with Crippen molar-refractivity contribution in [1.82, 2.24) is 0 Å². The SMILES string of the molecule is CCCCC/C=C\C/C=C\C/C=C\C/C=C\CCCC(=O)O[C@H](COC(=O)CCCCCCCCCCCCCCC)COP(=O)(O)OC[C@H](O)COP(=O)(O)OC[C@@H](COC(=O)CCCCCCC/C=C\CCCCCC)OC(=O)CCCCCCC/C=C\CCCCCCCC. The molecule has 17 nitrogen and oxygen atoms in total. The summed E-state index contributed by atoms with van der Waals surface area (Å²) in [5.41, 5.74) is 0. The van der Waals surface area contributed by atoms with Crippen molar-refractivity contribution in [3.05, 3.63) is 72.9 Å². The van der Waals surface area contributed by atoms with Crippen LogP contribution in [0.3, 0.4) is 0 Å². The molecule has 0 aliphatic heterocycles. The first-order chi connectivity index (χ1) is 47.7. The Bertz CT molecular complexity index is 2140. The molecule has 0 radical (unpaired) electrons. The first-order valence-corrected chi connectivity index (χ1v) is 42.2. The van der Waals surface area contributed by atoms with Crippen LogP contribution in [-0.4, -0.2) is 96.7 Å². The van der Waals surface area contributed by atoms with Gasteiger partial charge in [-0.05, 0) is 116 Å².